The smallest absolute Gasteiger partial charge is 0.118 e. The van der Waals surface area contributed by atoms with Crippen LogP contribution in [0.2, 0.25) is 0 Å². The van der Waals surface area contributed by atoms with Gasteiger partial charge in [0.1, 0.15) is 5.75 Å². The summed E-state index contributed by atoms with van der Waals surface area (Å²) in [4.78, 5) is 0. The molecule has 0 saturated carbocycles. The Morgan fingerprint density at radius 3 is 2.37 bits per heavy atom. The van der Waals surface area contributed by atoms with Crippen LogP contribution < -0.4 is 4.74 Å². The zero-order chi connectivity index (χ0) is 14.3. The Hall–Kier alpha value is -1.32. The molecule has 3 heteroatoms. The maximum atomic E-state index is 10.2. The van der Waals surface area contributed by atoms with E-state index in [2.05, 4.69) is 6.58 Å². The van der Waals surface area contributed by atoms with Gasteiger partial charge in [-0.25, -0.2) is 0 Å². The molecule has 0 aromatic heterocycles. The largest absolute Gasteiger partial charge is 0.497 e. The molecular formula is C16H24O3. The molecule has 0 aliphatic rings. The molecule has 0 spiro atoms. The lowest BCUT2D eigenvalue weighted by molar-refractivity contribution is -0.0459. The minimum absolute atomic E-state index is 0.160. The monoisotopic (exact) mass is 264 g/mol. The summed E-state index contributed by atoms with van der Waals surface area (Å²) < 4.78 is 10.8. The Morgan fingerprint density at radius 2 is 1.89 bits per heavy atom. The summed E-state index contributed by atoms with van der Waals surface area (Å²) in [7, 11) is 1.65. The lowest BCUT2D eigenvalue weighted by Crippen LogP contribution is -2.35. The van der Waals surface area contributed by atoms with Gasteiger partial charge in [0.05, 0.1) is 25.9 Å². The van der Waals surface area contributed by atoms with Crippen molar-refractivity contribution in [2.45, 2.75) is 32.5 Å². The van der Waals surface area contributed by atoms with Crippen molar-refractivity contribution in [3.05, 3.63) is 42.5 Å². The van der Waals surface area contributed by atoms with E-state index in [9.17, 15) is 5.11 Å². The van der Waals surface area contributed by atoms with Gasteiger partial charge in [-0.1, -0.05) is 32.1 Å². The number of aliphatic hydroxyl groups is 1. The normalized spacial score (nSPS) is 14.2. The van der Waals surface area contributed by atoms with Crippen LogP contribution in [0.25, 0.3) is 0 Å². The standard InChI is InChI=1S/C16H24O3/c1-5-10-19-15(16(17)12(2)3)11-13-6-8-14(18-4)9-7-13/h5-9,12,15-17H,1,10-11H2,2-4H3/t15-,16+/m1/s1. The molecule has 1 N–H and O–H groups in total. The van der Waals surface area contributed by atoms with Crippen molar-refractivity contribution >= 4 is 0 Å². The maximum absolute atomic E-state index is 10.2. The lowest BCUT2D eigenvalue weighted by Gasteiger charge is -2.25. The van der Waals surface area contributed by atoms with Gasteiger partial charge >= 0.3 is 0 Å². The molecule has 0 aliphatic carbocycles. The quantitative estimate of drug-likeness (QED) is 0.734. The average molecular weight is 264 g/mol. The molecule has 0 unspecified atom stereocenters. The van der Waals surface area contributed by atoms with Gasteiger partial charge in [-0.05, 0) is 23.6 Å². The van der Waals surface area contributed by atoms with Gasteiger partial charge in [0.25, 0.3) is 0 Å². The fourth-order valence-electron chi connectivity index (χ4n) is 1.89. The minimum atomic E-state index is -0.484. The van der Waals surface area contributed by atoms with Gasteiger partial charge in [0.15, 0.2) is 0 Å². The van der Waals surface area contributed by atoms with Gasteiger partial charge in [0, 0.05) is 6.42 Å². The molecule has 0 amide bonds. The van der Waals surface area contributed by atoms with E-state index in [4.69, 9.17) is 9.47 Å². The van der Waals surface area contributed by atoms with Crippen molar-refractivity contribution in [1.29, 1.82) is 0 Å². The number of benzene rings is 1. The number of rotatable bonds is 8. The third-order valence-electron chi connectivity index (χ3n) is 3.09. The van der Waals surface area contributed by atoms with E-state index in [0.29, 0.717) is 13.0 Å². The first-order valence-electron chi connectivity index (χ1n) is 6.62. The second-order valence-corrected chi connectivity index (χ2v) is 4.95. The van der Waals surface area contributed by atoms with Crippen molar-refractivity contribution in [3.8, 4) is 5.75 Å². The van der Waals surface area contributed by atoms with E-state index < -0.39 is 6.10 Å². The molecule has 0 heterocycles. The zero-order valence-corrected chi connectivity index (χ0v) is 12.0. The third-order valence-corrected chi connectivity index (χ3v) is 3.09. The summed E-state index contributed by atoms with van der Waals surface area (Å²) in [6.45, 7) is 8.07. The highest BCUT2D eigenvalue weighted by molar-refractivity contribution is 5.27. The molecule has 2 atom stereocenters. The Morgan fingerprint density at radius 1 is 1.26 bits per heavy atom. The van der Waals surface area contributed by atoms with E-state index >= 15 is 0 Å². The van der Waals surface area contributed by atoms with Crippen LogP contribution in [-0.4, -0.2) is 31.0 Å². The van der Waals surface area contributed by atoms with Gasteiger partial charge in [-0.2, -0.15) is 0 Å². The Bertz CT molecular complexity index is 370. The van der Waals surface area contributed by atoms with Crippen LogP contribution in [0.4, 0.5) is 0 Å². The minimum Gasteiger partial charge on any atom is -0.497 e. The SMILES string of the molecule is C=CCO[C@H](Cc1ccc(OC)cc1)[C@@H](O)C(C)C. The van der Waals surface area contributed by atoms with Crippen LogP contribution in [-0.2, 0) is 11.2 Å². The first kappa shape index (κ1) is 15.7. The topological polar surface area (TPSA) is 38.7 Å². The van der Waals surface area contributed by atoms with Crippen LogP contribution in [0.1, 0.15) is 19.4 Å². The Labute approximate surface area is 115 Å². The molecule has 0 saturated heterocycles. The van der Waals surface area contributed by atoms with E-state index in [0.717, 1.165) is 11.3 Å². The van der Waals surface area contributed by atoms with Gasteiger partial charge in [-0.15, -0.1) is 6.58 Å². The molecule has 1 aromatic rings. The highest BCUT2D eigenvalue weighted by atomic mass is 16.5. The van der Waals surface area contributed by atoms with Gasteiger partial charge < -0.3 is 14.6 Å². The summed E-state index contributed by atoms with van der Waals surface area (Å²) in [5.74, 6) is 0.991. The number of ether oxygens (including phenoxy) is 2. The van der Waals surface area contributed by atoms with Crippen molar-refractivity contribution in [2.24, 2.45) is 5.92 Å². The highest BCUT2D eigenvalue weighted by Gasteiger charge is 2.23. The third kappa shape index (κ3) is 5.05. The number of aliphatic hydroxyl groups excluding tert-OH is 1. The van der Waals surface area contributed by atoms with E-state index in [1.54, 1.807) is 13.2 Å². The highest BCUT2D eigenvalue weighted by Crippen LogP contribution is 2.18. The molecule has 19 heavy (non-hydrogen) atoms. The molecular weight excluding hydrogens is 240 g/mol. The van der Waals surface area contributed by atoms with Crippen LogP contribution in [0.3, 0.4) is 0 Å². The van der Waals surface area contributed by atoms with Crippen LogP contribution >= 0.6 is 0 Å². The summed E-state index contributed by atoms with van der Waals surface area (Å²) >= 11 is 0. The number of hydrogen-bond acceptors (Lipinski definition) is 3. The number of hydrogen-bond donors (Lipinski definition) is 1. The molecule has 1 rings (SSSR count). The van der Waals surface area contributed by atoms with E-state index in [1.165, 1.54) is 0 Å². The molecule has 0 bridgehead atoms. The Kier molecular flexibility index (Phi) is 6.60. The maximum Gasteiger partial charge on any atom is 0.118 e. The van der Waals surface area contributed by atoms with Crippen molar-refractivity contribution in [1.82, 2.24) is 0 Å². The van der Waals surface area contributed by atoms with Crippen LogP contribution in [0.5, 0.6) is 5.75 Å². The predicted molar refractivity (Wildman–Crippen MR) is 77.5 cm³/mol. The first-order chi connectivity index (χ1) is 9.08. The van der Waals surface area contributed by atoms with E-state index in [1.807, 2.05) is 38.1 Å². The van der Waals surface area contributed by atoms with Gasteiger partial charge in [-0.3, -0.25) is 0 Å². The van der Waals surface area contributed by atoms with Crippen molar-refractivity contribution in [2.75, 3.05) is 13.7 Å². The van der Waals surface area contributed by atoms with Crippen molar-refractivity contribution < 1.29 is 14.6 Å². The second kappa shape index (κ2) is 7.97. The molecule has 0 radical (unpaired) electrons. The predicted octanol–water partition coefficient (Wildman–Crippen LogP) is 2.83. The fraction of sp³-hybridized carbons (Fsp3) is 0.500. The lowest BCUT2D eigenvalue weighted by atomic mass is 9.96. The summed E-state index contributed by atoms with van der Waals surface area (Å²) in [5.41, 5.74) is 1.12. The molecule has 106 valence electrons. The van der Waals surface area contributed by atoms with Crippen LogP contribution in [0.15, 0.2) is 36.9 Å². The summed E-state index contributed by atoms with van der Waals surface area (Å²) in [6, 6.07) is 7.83. The van der Waals surface area contributed by atoms with Crippen LogP contribution in [0, 0.1) is 5.92 Å². The van der Waals surface area contributed by atoms with Crippen molar-refractivity contribution in [3.63, 3.8) is 0 Å². The fourth-order valence-corrected chi connectivity index (χ4v) is 1.89. The number of methoxy groups -OCH3 is 1. The summed E-state index contributed by atoms with van der Waals surface area (Å²) in [6.07, 6.45) is 1.68. The second-order valence-electron chi connectivity index (χ2n) is 4.95. The van der Waals surface area contributed by atoms with Gasteiger partial charge in [0.2, 0.25) is 0 Å². The first-order valence-corrected chi connectivity index (χ1v) is 6.62. The van der Waals surface area contributed by atoms with E-state index in [-0.39, 0.29) is 12.0 Å². The average Bonchev–Trinajstić information content (AvgIpc) is 2.43. The molecule has 0 aliphatic heterocycles. The molecule has 0 fully saturated rings. The molecule has 3 nitrogen and oxygen atoms in total. The zero-order valence-electron chi connectivity index (χ0n) is 12.0. The molecule has 1 aromatic carbocycles. The summed E-state index contributed by atoms with van der Waals surface area (Å²) in [5, 5.41) is 10.2. The Balaban J connectivity index is 2.71.